The molecule has 2 rings (SSSR count). The number of hydrogen-bond acceptors (Lipinski definition) is 6. The molecule has 0 unspecified atom stereocenters. The Labute approximate surface area is 145 Å². The monoisotopic (exact) mass is 344 g/mol. The summed E-state index contributed by atoms with van der Waals surface area (Å²) in [6.45, 7) is 4.61. The minimum absolute atomic E-state index is 0.103. The highest BCUT2D eigenvalue weighted by Gasteiger charge is 2.14. The maximum atomic E-state index is 12.3. The number of benzene rings is 1. The molecule has 2 aromatic rings. The van der Waals surface area contributed by atoms with Crippen LogP contribution in [0.3, 0.4) is 0 Å². The maximum absolute atomic E-state index is 12.3. The Morgan fingerprint density at radius 3 is 2.83 bits per heavy atom. The van der Waals surface area contributed by atoms with Gasteiger partial charge in [-0.2, -0.15) is 5.26 Å². The number of carbonyl (C=O) groups excluding carboxylic acids is 1. The van der Waals surface area contributed by atoms with Crippen molar-refractivity contribution in [3.63, 3.8) is 0 Å². The van der Waals surface area contributed by atoms with Crippen LogP contribution in [0, 0.1) is 25.2 Å². The zero-order valence-corrected chi connectivity index (χ0v) is 14.8. The summed E-state index contributed by atoms with van der Waals surface area (Å²) in [5.41, 5.74) is 2.58. The predicted molar refractivity (Wildman–Crippen MR) is 93.7 cm³/mol. The van der Waals surface area contributed by atoms with E-state index in [0.717, 1.165) is 27.6 Å². The topological polar surface area (TPSA) is 82.2 Å². The van der Waals surface area contributed by atoms with Crippen molar-refractivity contribution >= 4 is 23.4 Å². The summed E-state index contributed by atoms with van der Waals surface area (Å²) in [7, 11) is 1.88. The molecule has 6 nitrogen and oxygen atoms in total. The van der Waals surface area contributed by atoms with Gasteiger partial charge in [0.25, 0.3) is 0 Å². The van der Waals surface area contributed by atoms with Crippen molar-refractivity contribution in [3.05, 3.63) is 41.3 Å². The second-order valence-electron chi connectivity index (χ2n) is 5.47. The normalized spacial score (nSPS) is 10.6. The van der Waals surface area contributed by atoms with Crippen LogP contribution >= 0.6 is 11.8 Å². The number of carbonyl (C=O) groups is 1. The van der Waals surface area contributed by atoms with E-state index in [-0.39, 0.29) is 12.5 Å². The molecule has 0 fully saturated rings. The number of amides is 1. The minimum atomic E-state index is -0.103. The van der Waals surface area contributed by atoms with E-state index in [9.17, 15) is 4.79 Å². The summed E-state index contributed by atoms with van der Waals surface area (Å²) in [5, 5.41) is 15.5. The molecule has 1 heterocycles. The van der Waals surface area contributed by atoms with Crippen LogP contribution in [0.1, 0.15) is 17.0 Å². The fourth-order valence-corrected chi connectivity index (χ4v) is 2.96. The number of likely N-dealkylation sites (N-methyl/N-ethyl adjacent to an activating group) is 1. The molecule has 0 atom stereocenters. The third kappa shape index (κ3) is 4.85. The molecule has 24 heavy (non-hydrogen) atoms. The number of nitrogens with one attached hydrogen (secondary N) is 1. The third-order valence-corrected chi connectivity index (χ3v) is 4.42. The average Bonchev–Trinajstić information content (AvgIpc) is 2.85. The molecule has 1 amide bonds. The fourth-order valence-electron chi connectivity index (χ4n) is 2.29. The molecule has 0 aliphatic heterocycles. The Bertz CT molecular complexity index is 732. The van der Waals surface area contributed by atoms with Gasteiger partial charge in [-0.05, 0) is 33.0 Å². The van der Waals surface area contributed by atoms with E-state index in [1.807, 2.05) is 50.1 Å². The Morgan fingerprint density at radius 1 is 1.42 bits per heavy atom. The van der Waals surface area contributed by atoms with Crippen molar-refractivity contribution in [1.29, 1.82) is 5.26 Å². The molecule has 0 saturated heterocycles. The highest BCUT2D eigenvalue weighted by molar-refractivity contribution is 7.99. The van der Waals surface area contributed by atoms with Gasteiger partial charge in [-0.3, -0.25) is 9.69 Å². The second kappa shape index (κ2) is 8.52. The van der Waals surface area contributed by atoms with Gasteiger partial charge in [0.2, 0.25) is 5.91 Å². The Morgan fingerprint density at radius 2 is 2.17 bits per heavy atom. The van der Waals surface area contributed by atoms with Crippen molar-refractivity contribution in [3.8, 4) is 6.07 Å². The molecule has 0 bridgehead atoms. The number of para-hydroxylation sites is 1. The molecule has 1 aromatic heterocycles. The predicted octanol–water partition coefficient (Wildman–Crippen LogP) is 2.98. The first-order valence-corrected chi connectivity index (χ1v) is 8.48. The van der Waals surface area contributed by atoms with Crippen LogP contribution in [0.15, 0.2) is 33.7 Å². The summed E-state index contributed by atoms with van der Waals surface area (Å²) >= 11 is 1.41. The van der Waals surface area contributed by atoms with Crippen LogP contribution in [0.4, 0.5) is 5.69 Å². The van der Waals surface area contributed by atoms with Crippen molar-refractivity contribution in [1.82, 2.24) is 10.1 Å². The average molecular weight is 344 g/mol. The maximum Gasteiger partial charge on any atom is 0.238 e. The van der Waals surface area contributed by atoms with E-state index in [1.54, 1.807) is 0 Å². The number of nitriles is 1. The first-order valence-electron chi connectivity index (χ1n) is 7.50. The van der Waals surface area contributed by atoms with Crippen molar-refractivity contribution < 1.29 is 9.32 Å². The van der Waals surface area contributed by atoms with Crippen molar-refractivity contribution in [2.24, 2.45) is 0 Å². The zero-order valence-electron chi connectivity index (χ0n) is 14.0. The lowest BCUT2D eigenvalue weighted by Crippen LogP contribution is -2.30. The van der Waals surface area contributed by atoms with Crippen LogP contribution in [0.2, 0.25) is 0 Å². The van der Waals surface area contributed by atoms with Gasteiger partial charge in [0, 0.05) is 17.0 Å². The number of hydrogen-bond donors (Lipinski definition) is 1. The van der Waals surface area contributed by atoms with Crippen molar-refractivity contribution in [2.45, 2.75) is 25.3 Å². The molecule has 0 radical (unpaired) electrons. The summed E-state index contributed by atoms with van der Waals surface area (Å²) in [5.74, 6) is 1.02. The summed E-state index contributed by atoms with van der Waals surface area (Å²) < 4.78 is 5.14. The van der Waals surface area contributed by atoms with Gasteiger partial charge in [-0.1, -0.05) is 17.3 Å². The number of thioether (sulfide) groups is 1. The van der Waals surface area contributed by atoms with Gasteiger partial charge >= 0.3 is 0 Å². The zero-order chi connectivity index (χ0) is 17.5. The van der Waals surface area contributed by atoms with Crippen LogP contribution < -0.4 is 5.32 Å². The van der Waals surface area contributed by atoms with Crippen LogP contribution in [0.25, 0.3) is 0 Å². The largest absolute Gasteiger partial charge is 0.361 e. The molecule has 0 aliphatic rings. The van der Waals surface area contributed by atoms with Gasteiger partial charge in [-0.25, -0.2) is 0 Å². The summed E-state index contributed by atoms with van der Waals surface area (Å²) in [6.07, 6.45) is 0. The molecule has 0 aliphatic carbocycles. The lowest BCUT2D eigenvalue weighted by atomic mass is 10.2. The van der Waals surface area contributed by atoms with E-state index in [0.29, 0.717) is 12.3 Å². The Kier molecular flexibility index (Phi) is 6.41. The van der Waals surface area contributed by atoms with E-state index in [4.69, 9.17) is 9.78 Å². The van der Waals surface area contributed by atoms with Gasteiger partial charge in [0.05, 0.1) is 29.7 Å². The van der Waals surface area contributed by atoms with Gasteiger partial charge in [-0.15, -0.1) is 11.8 Å². The highest BCUT2D eigenvalue weighted by Crippen LogP contribution is 2.26. The molecule has 0 spiro atoms. The molecule has 126 valence electrons. The smallest absolute Gasteiger partial charge is 0.238 e. The minimum Gasteiger partial charge on any atom is -0.361 e. The van der Waals surface area contributed by atoms with Crippen molar-refractivity contribution in [2.75, 3.05) is 24.7 Å². The van der Waals surface area contributed by atoms with Gasteiger partial charge in [0.15, 0.2) is 0 Å². The first kappa shape index (κ1) is 18.0. The number of nitrogens with zero attached hydrogens (tertiary/aromatic N) is 3. The Balaban J connectivity index is 1.95. The van der Waals surface area contributed by atoms with Crippen LogP contribution in [0.5, 0.6) is 0 Å². The molecule has 1 aromatic carbocycles. The SMILES string of the molecule is Cc1noc(C)c1CN(C)CC(=O)Nc1ccccc1SCC#N. The summed E-state index contributed by atoms with van der Waals surface area (Å²) in [6, 6.07) is 9.57. The molecule has 1 N–H and O–H groups in total. The highest BCUT2D eigenvalue weighted by atomic mass is 32.2. The van der Waals surface area contributed by atoms with Gasteiger partial charge < -0.3 is 9.84 Å². The number of rotatable bonds is 7. The van der Waals surface area contributed by atoms with E-state index >= 15 is 0 Å². The lowest BCUT2D eigenvalue weighted by molar-refractivity contribution is -0.117. The second-order valence-corrected chi connectivity index (χ2v) is 6.48. The van der Waals surface area contributed by atoms with E-state index in [2.05, 4.69) is 16.5 Å². The van der Waals surface area contributed by atoms with Crippen LogP contribution in [-0.2, 0) is 11.3 Å². The van der Waals surface area contributed by atoms with E-state index in [1.165, 1.54) is 11.8 Å². The fraction of sp³-hybridized carbons (Fsp3) is 0.353. The molecular weight excluding hydrogens is 324 g/mol. The molecule has 0 saturated carbocycles. The van der Waals surface area contributed by atoms with Crippen LogP contribution in [-0.4, -0.2) is 35.3 Å². The lowest BCUT2D eigenvalue weighted by Gasteiger charge is -2.17. The van der Waals surface area contributed by atoms with E-state index < -0.39 is 0 Å². The quantitative estimate of drug-likeness (QED) is 0.778. The number of anilines is 1. The number of aromatic nitrogens is 1. The standard InChI is InChI=1S/C17H20N4O2S/c1-12-14(13(2)23-20-12)10-21(3)11-17(22)19-15-6-4-5-7-16(15)24-9-8-18/h4-7H,9-11H2,1-3H3,(H,19,22). The number of aryl methyl sites for hydroxylation is 2. The summed E-state index contributed by atoms with van der Waals surface area (Å²) in [4.78, 5) is 15.1. The third-order valence-electron chi connectivity index (χ3n) is 3.48. The first-order chi connectivity index (χ1) is 11.5. The van der Waals surface area contributed by atoms with Gasteiger partial charge in [0.1, 0.15) is 5.76 Å². The molecule has 7 heteroatoms. The Hall–Kier alpha value is -2.30. The molecular formula is C17H20N4O2S.